The third-order valence-electron chi connectivity index (χ3n) is 3.66. The molecule has 124 valence electrons. The lowest BCUT2D eigenvalue weighted by molar-refractivity contribution is -0.159. The number of allylic oxidation sites excluding steroid dienone is 1. The predicted molar refractivity (Wildman–Crippen MR) is 80.8 cm³/mol. The standard InChI is InChI=1S/C16H25NO5/c1-7-8-11(10(2)18)13(19)17-12(14(20)21-6)9-22-15(17)16(3,4)5/h7,11-12,15H,1,8-9H2,2-6H3/t11?,12-,15+/m1/s1. The van der Waals surface area contributed by atoms with E-state index in [-0.39, 0.29) is 18.8 Å². The lowest BCUT2D eigenvalue weighted by atomic mass is 9.91. The molecule has 1 saturated heterocycles. The number of carbonyl (C=O) groups excluding carboxylic acids is 3. The second kappa shape index (κ2) is 7.05. The van der Waals surface area contributed by atoms with E-state index in [1.807, 2.05) is 20.8 Å². The van der Waals surface area contributed by atoms with E-state index in [1.54, 1.807) is 0 Å². The van der Waals surface area contributed by atoms with Gasteiger partial charge in [0.1, 0.15) is 12.0 Å². The van der Waals surface area contributed by atoms with Gasteiger partial charge in [-0.1, -0.05) is 26.8 Å². The molecule has 6 nitrogen and oxygen atoms in total. The van der Waals surface area contributed by atoms with Crippen LogP contribution in [-0.2, 0) is 23.9 Å². The highest BCUT2D eigenvalue weighted by molar-refractivity contribution is 6.01. The Morgan fingerprint density at radius 3 is 2.41 bits per heavy atom. The zero-order chi connectivity index (χ0) is 17.1. The molecular formula is C16H25NO5. The Balaban J connectivity index is 3.18. The van der Waals surface area contributed by atoms with Crippen LogP contribution in [0.1, 0.15) is 34.1 Å². The van der Waals surface area contributed by atoms with Crippen molar-refractivity contribution in [1.82, 2.24) is 4.90 Å². The van der Waals surface area contributed by atoms with Crippen molar-refractivity contribution in [1.29, 1.82) is 0 Å². The fraction of sp³-hybridized carbons (Fsp3) is 0.688. The highest BCUT2D eigenvalue weighted by Crippen LogP contribution is 2.33. The van der Waals surface area contributed by atoms with Crippen molar-refractivity contribution in [2.24, 2.45) is 11.3 Å². The van der Waals surface area contributed by atoms with Crippen LogP contribution in [0.15, 0.2) is 12.7 Å². The molecule has 1 aliphatic rings. The number of Topliss-reactive ketones (excluding diaryl/α,β-unsaturated/α-hetero) is 1. The van der Waals surface area contributed by atoms with Crippen LogP contribution in [0.25, 0.3) is 0 Å². The molecule has 1 rings (SSSR count). The zero-order valence-electron chi connectivity index (χ0n) is 13.9. The quantitative estimate of drug-likeness (QED) is 0.437. The largest absolute Gasteiger partial charge is 0.467 e. The van der Waals surface area contributed by atoms with Gasteiger partial charge in [0, 0.05) is 5.41 Å². The van der Waals surface area contributed by atoms with Crippen LogP contribution in [0.2, 0.25) is 0 Å². The maximum atomic E-state index is 12.8. The number of nitrogens with zero attached hydrogens (tertiary/aromatic N) is 1. The van der Waals surface area contributed by atoms with Crippen molar-refractivity contribution < 1.29 is 23.9 Å². The first-order valence-corrected chi connectivity index (χ1v) is 7.28. The second-order valence-electron chi connectivity index (χ2n) is 6.52. The molecule has 0 aromatic rings. The number of amides is 1. The van der Waals surface area contributed by atoms with Gasteiger partial charge in [-0.25, -0.2) is 4.79 Å². The van der Waals surface area contributed by atoms with Crippen LogP contribution in [0, 0.1) is 11.3 Å². The topological polar surface area (TPSA) is 72.9 Å². The number of carbonyl (C=O) groups is 3. The minimum absolute atomic E-state index is 0.0685. The van der Waals surface area contributed by atoms with Crippen molar-refractivity contribution in [3.8, 4) is 0 Å². The van der Waals surface area contributed by atoms with Crippen molar-refractivity contribution in [3.63, 3.8) is 0 Å². The van der Waals surface area contributed by atoms with E-state index in [2.05, 4.69) is 6.58 Å². The summed E-state index contributed by atoms with van der Waals surface area (Å²) >= 11 is 0. The van der Waals surface area contributed by atoms with Gasteiger partial charge in [0.25, 0.3) is 0 Å². The number of rotatable bonds is 5. The molecule has 1 unspecified atom stereocenters. The molecular weight excluding hydrogens is 286 g/mol. The molecule has 22 heavy (non-hydrogen) atoms. The number of hydrogen-bond acceptors (Lipinski definition) is 5. The van der Waals surface area contributed by atoms with Gasteiger partial charge >= 0.3 is 5.97 Å². The second-order valence-corrected chi connectivity index (χ2v) is 6.52. The van der Waals surface area contributed by atoms with Crippen molar-refractivity contribution in [2.45, 2.75) is 46.4 Å². The normalized spacial score (nSPS) is 23.0. The Bertz CT molecular complexity index is 466. The lowest BCUT2D eigenvalue weighted by Crippen LogP contribution is -2.53. The van der Waals surface area contributed by atoms with Crippen LogP contribution in [0.5, 0.6) is 0 Å². The molecule has 0 spiro atoms. The summed E-state index contributed by atoms with van der Waals surface area (Å²) in [6, 6.07) is -0.826. The average molecular weight is 311 g/mol. The van der Waals surface area contributed by atoms with E-state index in [0.717, 1.165) is 0 Å². The summed E-state index contributed by atoms with van der Waals surface area (Å²) in [4.78, 5) is 37.9. The highest BCUT2D eigenvalue weighted by Gasteiger charge is 2.49. The first-order chi connectivity index (χ1) is 10.1. The Labute approximate surface area is 131 Å². The van der Waals surface area contributed by atoms with Crippen LogP contribution >= 0.6 is 0 Å². The molecule has 0 aliphatic carbocycles. The van der Waals surface area contributed by atoms with Crippen LogP contribution in [0.3, 0.4) is 0 Å². The molecule has 0 aromatic heterocycles. The van der Waals surface area contributed by atoms with Gasteiger partial charge in [0.2, 0.25) is 5.91 Å². The molecule has 0 bridgehead atoms. The average Bonchev–Trinajstić information content (AvgIpc) is 2.87. The van der Waals surface area contributed by atoms with Gasteiger partial charge in [-0.3, -0.25) is 14.5 Å². The monoisotopic (exact) mass is 311 g/mol. The minimum atomic E-state index is -0.851. The number of ketones is 1. The van der Waals surface area contributed by atoms with E-state index >= 15 is 0 Å². The van der Waals surface area contributed by atoms with Gasteiger partial charge in [-0.05, 0) is 13.3 Å². The van der Waals surface area contributed by atoms with E-state index < -0.39 is 35.5 Å². The molecule has 0 N–H and O–H groups in total. The first kappa shape index (κ1) is 18.4. The Morgan fingerprint density at radius 1 is 1.41 bits per heavy atom. The minimum Gasteiger partial charge on any atom is -0.467 e. The highest BCUT2D eigenvalue weighted by atomic mass is 16.5. The Morgan fingerprint density at radius 2 is 2.00 bits per heavy atom. The van der Waals surface area contributed by atoms with E-state index in [1.165, 1.54) is 25.0 Å². The number of esters is 1. The lowest BCUT2D eigenvalue weighted by Gasteiger charge is -2.36. The summed E-state index contributed by atoms with van der Waals surface area (Å²) in [5.74, 6) is -2.06. The van der Waals surface area contributed by atoms with Crippen LogP contribution in [-0.4, -0.2) is 48.5 Å². The van der Waals surface area contributed by atoms with Crippen molar-refractivity contribution in [3.05, 3.63) is 12.7 Å². The molecule has 0 aromatic carbocycles. The van der Waals surface area contributed by atoms with Crippen LogP contribution < -0.4 is 0 Å². The van der Waals surface area contributed by atoms with Gasteiger partial charge in [-0.15, -0.1) is 6.58 Å². The third-order valence-corrected chi connectivity index (χ3v) is 3.66. The summed E-state index contributed by atoms with van der Waals surface area (Å²) < 4.78 is 10.4. The van der Waals surface area contributed by atoms with Crippen molar-refractivity contribution >= 4 is 17.7 Å². The summed E-state index contributed by atoms with van der Waals surface area (Å²) in [5, 5.41) is 0. The van der Waals surface area contributed by atoms with Gasteiger partial charge in [0.05, 0.1) is 19.6 Å². The zero-order valence-corrected chi connectivity index (χ0v) is 13.9. The van der Waals surface area contributed by atoms with Gasteiger partial charge in [0.15, 0.2) is 6.04 Å². The number of ether oxygens (including phenoxy) is 2. The van der Waals surface area contributed by atoms with E-state index in [0.29, 0.717) is 0 Å². The summed E-state index contributed by atoms with van der Waals surface area (Å²) in [5.41, 5.74) is -0.395. The molecule has 1 fully saturated rings. The molecule has 0 saturated carbocycles. The number of hydrogen-bond donors (Lipinski definition) is 0. The fourth-order valence-electron chi connectivity index (χ4n) is 2.55. The van der Waals surface area contributed by atoms with Crippen LogP contribution in [0.4, 0.5) is 0 Å². The van der Waals surface area contributed by atoms with E-state index in [9.17, 15) is 14.4 Å². The number of methoxy groups -OCH3 is 1. The molecule has 1 heterocycles. The maximum absolute atomic E-state index is 12.8. The molecule has 0 radical (unpaired) electrons. The maximum Gasteiger partial charge on any atom is 0.331 e. The molecule has 6 heteroatoms. The third kappa shape index (κ3) is 3.74. The molecule has 1 amide bonds. The first-order valence-electron chi connectivity index (χ1n) is 7.28. The summed E-state index contributed by atoms with van der Waals surface area (Å²) in [6.45, 7) is 10.7. The summed E-state index contributed by atoms with van der Waals surface area (Å²) in [6.07, 6.45) is 1.17. The van der Waals surface area contributed by atoms with Gasteiger partial charge < -0.3 is 9.47 Å². The molecule has 1 aliphatic heterocycles. The SMILES string of the molecule is C=CCC(C(C)=O)C(=O)N1[C@@H](C(=O)OC)CO[C@H]1C(C)(C)C. The fourth-order valence-corrected chi connectivity index (χ4v) is 2.55. The smallest absolute Gasteiger partial charge is 0.331 e. The molecule has 3 atom stereocenters. The summed E-state index contributed by atoms with van der Waals surface area (Å²) in [7, 11) is 1.27. The van der Waals surface area contributed by atoms with Gasteiger partial charge in [-0.2, -0.15) is 0 Å². The Hall–Kier alpha value is -1.69. The predicted octanol–water partition coefficient (Wildman–Crippen LogP) is 1.54. The van der Waals surface area contributed by atoms with E-state index in [4.69, 9.17) is 9.47 Å². The van der Waals surface area contributed by atoms with Crippen molar-refractivity contribution in [2.75, 3.05) is 13.7 Å². The Kier molecular flexibility index (Phi) is 5.88.